The highest BCUT2D eigenvalue weighted by atomic mass is 16.6. The van der Waals surface area contributed by atoms with Crippen molar-refractivity contribution in [1.82, 2.24) is 4.98 Å². The Morgan fingerprint density at radius 3 is 2.58 bits per heavy atom. The van der Waals surface area contributed by atoms with Gasteiger partial charge < -0.3 is 4.90 Å². The van der Waals surface area contributed by atoms with Crippen LogP contribution in [0, 0.1) is 10.1 Å². The maximum Gasteiger partial charge on any atom is 0.293 e. The normalized spacial score (nSPS) is 10.7. The van der Waals surface area contributed by atoms with E-state index in [-0.39, 0.29) is 5.69 Å². The minimum atomic E-state index is -0.391. The largest absolute Gasteiger partial charge is 0.339 e. The molecule has 7 nitrogen and oxygen atoms in total. The highest BCUT2D eigenvalue weighted by molar-refractivity contribution is 5.84. The van der Waals surface area contributed by atoms with Crippen molar-refractivity contribution in [2.75, 3.05) is 17.4 Å². The molecule has 1 heterocycles. The summed E-state index contributed by atoms with van der Waals surface area (Å²) in [6.07, 6.45) is 3.17. The van der Waals surface area contributed by atoms with E-state index >= 15 is 0 Å². The fraction of sp³-hybridized carbons (Fsp3) is 0.0526. The highest BCUT2D eigenvalue weighted by Gasteiger charge is 2.18. The van der Waals surface area contributed by atoms with Crippen LogP contribution in [0.4, 0.5) is 22.9 Å². The molecule has 0 aliphatic rings. The maximum atomic E-state index is 11.5. The fourth-order valence-corrected chi connectivity index (χ4v) is 2.44. The SMILES string of the molecule is CN(c1ccccc1)c1ccc(/C=N\Nc2ccccn2)cc1[N+](=O)[O-]. The van der Waals surface area contributed by atoms with Crippen molar-refractivity contribution < 1.29 is 4.92 Å². The van der Waals surface area contributed by atoms with Gasteiger partial charge in [0.2, 0.25) is 0 Å². The predicted octanol–water partition coefficient (Wildman–Crippen LogP) is 4.20. The van der Waals surface area contributed by atoms with Gasteiger partial charge in [-0.15, -0.1) is 0 Å². The molecule has 0 atom stereocenters. The number of pyridine rings is 1. The molecule has 0 aliphatic heterocycles. The molecule has 0 saturated heterocycles. The van der Waals surface area contributed by atoms with Crippen LogP contribution in [-0.4, -0.2) is 23.2 Å². The maximum absolute atomic E-state index is 11.5. The predicted molar refractivity (Wildman–Crippen MR) is 103 cm³/mol. The molecule has 26 heavy (non-hydrogen) atoms. The zero-order valence-electron chi connectivity index (χ0n) is 14.1. The zero-order valence-corrected chi connectivity index (χ0v) is 14.1. The number of anilines is 3. The van der Waals surface area contributed by atoms with E-state index in [2.05, 4.69) is 15.5 Å². The van der Waals surface area contributed by atoms with E-state index in [4.69, 9.17) is 0 Å². The van der Waals surface area contributed by atoms with E-state index in [9.17, 15) is 10.1 Å². The summed E-state index contributed by atoms with van der Waals surface area (Å²) in [6.45, 7) is 0. The monoisotopic (exact) mass is 347 g/mol. The van der Waals surface area contributed by atoms with Crippen LogP contribution in [0.5, 0.6) is 0 Å². The number of nitro groups is 1. The standard InChI is InChI=1S/C19H17N5O2/c1-23(16-7-3-2-4-8-16)17-11-10-15(13-18(17)24(25)26)14-21-22-19-9-5-6-12-20-19/h2-14H,1H3,(H,20,22)/b21-14-. The Morgan fingerprint density at radius 2 is 1.88 bits per heavy atom. The molecule has 0 unspecified atom stereocenters. The minimum Gasteiger partial charge on any atom is -0.339 e. The third kappa shape index (κ3) is 4.02. The summed E-state index contributed by atoms with van der Waals surface area (Å²) < 4.78 is 0. The van der Waals surface area contributed by atoms with Crippen molar-refractivity contribution in [2.45, 2.75) is 0 Å². The van der Waals surface area contributed by atoms with E-state index < -0.39 is 4.92 Å². The second-order valence-electron chi connectivity index (χ2n) is 5.48. The number of nitrogens with zero attached hydrogens (tertiary/aromatic N) is 4. The summed E-state index contributed by atoms with van der Waals surface area (Å²) in [5.74, 6) is 0.596. The lowest BCUT2D eigenvalue weighted by molar-refractivity contribution is -0.384. The van der Waals surface area contributed by atoms with Crippen molar-refractivity contribution in [3.8, 4) is 0 Å². The summed E-state index contributed by atoms with van der Waals surface area (Å²) in [4.78, 5) is 17.0. The van der Waals surface area contributed by atoms with Crippen LogP contribution in [0.15, 0.2) is 78.0 Å². The number of hydrogen-bond donors (Lipinski definition) is 1. The summed E-state index contributed by atoms with van der Waals surface area (Å²) in [5, 5.41) is 15.6. The molecule has 0 radical (unpaired) electrons. The second kappa shape index (κ2) is 7.89. The molecular formula is C19H17N5O2. The van der Waals surface area contributed by atoms with Crippen LogP contribution in [0.1, 0.15) is 5.56 Å². The van der Waals surface area contributed by atoms with Crippen LogP contribution in [-0.2, 0) is 0 Å². The molecule has 1 N–H and O–H groups in total. The number of aromatic nitrogens is 1. The summed E-state index contributed by atoms with van der Waals surface area (Å²) in [5.41, 5.74) is 4.79. The Kier molecular flexibility index (Phi) is 5.19. The van der Waals surface area contributed by atoms with Gasteiger partial charge in [-0.2, -0.15) is 5.10 Å². The average molecular weight is 347 g/mol. The van der Waals surface area contributed by atoms with Crippen LogP contribution in [0.2, 0.25) is 0 Å². The van der Waals surface area contributed by atoms with E-state index in [1.54, 1.807) is 42.4 Å². The van der Waals surface area contributed by atoms with Crippen LogP contribution >= 0.6 is 0 Å². The number of hydrazone groups is 1. The van der Waals surface area contributed by atoms with Gasteiger partial charge in [0.1, 0.15) is 11.5 Å². The summed E-state index contributed by atoms with van der Waals surface area (Å²) >= 11 is 0. The molecule has 3 rings (SSSR count). The van der Waals surface area contributed by atoms with Gasteiger partial charge in [-0.3, -0.25) is 15.5 Å². The summed E-state index contributed by atoms with van der Waals surface area (Å²) in [6, 6.07) is 19.9. The van der Waals surface area contributed by atoms with Gasteiger partial charge in [0.15, 0.2) is 0 Å². The van der Waals surface area contributed by atoms with Crippen molar-refractivity contribution in [3.05, 3.63) is 88.6 Å². The number of benzene rings is 2. The Hall–Kier alpha value is -3.74. The molecule has 1 aromatic heterocycles. The van der Waals surface area contributed by atoms with Gasteiger partial charge in [0.05, 0.1) is 11.1 Å². The number of para-hydroxylation sites is 1. The van der Waals surface area contributed by atoms with Gasteiger partial charge in [-0.05, 0) is 30.3 Å². The quantitative estimate of drug-likeness (QED) is 0.410. The van der Waals surface area contributed by atoms with Gasteiger partial charge in [-0.1, -0.05) is 30.3 Å². The van der Waals surface area contributed by atoms with Crippen molar-refractivity contribution >= 4 is 29.1 Å². The van der Waals surface area contributed by atoms with Gasteiger partial charge >= 0.3 is 0 Å². The second-order valence-corrected chi connectivity index (χ2v) is 5.48. The Morgan fingerprint density at radius 1 is 1.12 bits per heavy atom. The number of nitro benzene ring substituents is 1. The first kappa shape index (κ1) is 17.1. The van der Waals surface area contributed by atoms with E-state index in [1.807, 2.05) is 36.4 Å². The molecule has 3 aromatic rings. The lowest BCUT2D eigenvalue weighted by Gasteiger charge is -2.19. The van der Waals surface area contributed by atoms with Crippen molar-refractivity contribution in [2.24, 2.45) is 5.10 Å². The van der Waals surface area contributed by atoms with E-state index in [0.29, 0.717) is 17.1 Å². The van der Waals surface area contributed by atoms with Crippen LogP contribution < -0.4 is 10.3 Å². The molecule has 0 bridgehead atoms. The molecule has 0 aliphatic carbocycles. The Labute approximate surface area is 150 Å². The Bertz CT molecular complexity index is 914. The van der Waals surface area contributed by atoms with Crippen LogP contribution in [0.25, 0.3) is 0 Å². The van der Waals surface area contributed by atoms with Crippen molar-refractivity contribution in [1.29, 1.82) is 0 Å². The van der Waals surface area contributed by atoms with Crippen molar-refractivity contribution in [3.63, 3.8) is 0 Å². The molecule has 0 saturated carbocycles. The number of hydrogen-bond acceptors (Lipinski definition) is 6. The molecule has 130 valence electrons. The van der Waals surface area contributed by atoms with Gasteiger partial charge in [-0.25, -0.2) is 4.98 Å². The van der Waals surface area contributed by atoms with Gasteiger partial charge in [0.25, 0.3) is 5.69 Å². The highest BCUT2D eigenvalue weighted by Crippen LogP contribution is 2.32. The molecule has 2 aromatic carbocycles. The minimum absolute atomic E-state index is 0.0122. The van der Waals surface area contributed by atoms with Crippen LogP contribution in [0.3, 0.4) is 0 Å². The fourth-order valence-electron chi connectivity index (χ4n) is 2.44. The lowest BCUT2D eigenvalue weighted by Crippen LogP contribution is -2.11. The molecular weight excluding hydrogens is 330 g/mol. The smallest absolute Gasteiger partial charge is 0.293 e. The molecule has 0 fully saturated rings. The summed E-state index contributed by atoms with van der Waals surface area (Å²) in [7, 11) is 1.80. The Balaban J connectivity index is 1.84. The first-order valence-electron chi connectivity index (χ1n) is 7.92. The van der Waals surface area contributed by atoms with Gasteiger partial charge in [0, 0.05) is 30.6 Å². The topological polar surface area (TPSA) is 83.7 Å². The number of rotatable bonds is 6. The molecule has 0 spiro atoms. The first-order valence-corrected chi connectivity index (χ1v) is 7.92. The number of nitrogens with one attached hydrogen (secondary N) is 1. The third-order valence-corrected chi connectivity index (χ3v) is 3.76. The third-order valence-electron chi connectivity index (χ3n) is 3.76. The zero-order chi connectivity index (χ0) is 18.4. The lowest BCUT2D eigenvalue weighted by atomic mass is 10.1. The molecule has 7 heteroatoms. The first-order chi connectivity index (χ1) is 12.6. The molecule has 0 amide bonds. The van der Waals surface area contributed by atoms with E-state index in [1.165, 1.54) is 12.3 Å². The van der Waals surface area contributed by atoms with E-state index in [0.717, 1.165) is 5.69 Å². The average Bonchev–Trinajstić information content (AvgIpc) is 2.69.